The molecule has 0 spiro atoms. The van der Waals surface area contributed by atoms with E-state index in [0.29, 0.717) is 19.3 Å². The van der Waals surface area contributed by atoms with Gasteiger partial charge in [0.25, 0.3) is 0 Å². The van der Waals surface area contributed by atoms with Crippen molar-refractivity contribution in [3.05, 3.63) is 158 Å². The molecular weight excluding hydrogens is 937 g/mol. The SMILES string of the molecule is CC/C=C\C/C=C\C/C=C\C/C=C\C/C=C\C/C=C\C/C=C\CCCC(=O)OCC(COC(=O)CCCCCC/C=C\C/C=C\C/C=C\C/C=C\CC)OC(=O)CCCCCCCCC/C=C\C/C=C\CCCCCC. The normalized spacial score (nSPS) is 13.2. The quantitative estimate of drug-likeness (QED) is 0.0261. The molecule has 0 aliphatic rings. The molecule has 76 heavy (non-hydrogen) atoms. The third kappa shape index (κ3) is 59.9. The lowest BCUT2D eigenvalue weighted by molar-refractivity contribution is -0.167. The van der Waals surface area contributed by atoms with Gasteiger partial charge in [0.1, 0.15) is 13.2 Å². The van der Waals surface area contributed by atoms with Crippen LogP contribution in [-0.4, -0.2) is 37.2 Å². The standard InChI is InChI=1S/C70H110O6/c1-4-7-10-13-16-19-22-25-28-31-33-34-35-36-37-40-42-45-48-51-54-57-60-63-69(72)75-66-67(65-74-68(71)62-59-56-53-50-47-44-41-38-30-27-24-21-18-15-12-9-6-3)76-70(73)64-61-58-55-52-49-46-43-39-32-29-26-23-20-17-14-11-8-5-2/h7,9-10,12,16,18-21,23,25,27-30,32-34,36-37,41-42,44-45,51,54,67H,4-6,8,11,13-15,17,22,24,26,31,35,38-40,43,46-50,52-53,55-66H2,1-3H3/b10-7-,12-9-,19-16-,21-18-,23-20-,28-25-,30-27-,32-29-,34-33-,37-36-,44-41-,45-42-,54-51-. The number of rotatable bonds is 53. The van der Waals surface area contributed by atoms with Gasteiger partial charge in [-0.15, -0.1) is 0 Å². The summed E-state index contributed by atoms with van der Waals surface area (Å²) in [5, 5.41) is 0. The summed E-state index contributed by atoms with van der Waals surface area (Å²) >= 11 is 0. The van der Waals surface area contributed by atoms with Crippen LogP contribution in [0.1, 0.15) is 245 Å². The number of carbonyl (C=O) groups excluding carboxylic acids is 3. The van der Waals surface area contributed by atoms with Crippen molar-refractivity contribution in [2.24, 2.45) is 0 Å². The van der Waals surface area contributed by atoms with Crippen LogP contribution >= 0.6 is 0 Å². The van der Waals surface area contributed by atoms with Crippen molar-refractivity contribution < 1.29 is 28.6 Å². The molecule has 0 aliphatic heterocycles. The van der Waals surface area contributed by atoms with E-state index in [0.717, 1.165) is 141 Å². The molecule has 0 amide bonds. The summed E-state index contributed by atoms with van der Waals surface area (Å²) in [5.41, 5.74) is 0. The van der Waals surface area contributed by atoms with E-state index in [-0.39, 0.29) is 37.5 Å². The molecular formula is C70H110O6. The molecule has 1 atom stereocenters. The Balaban J connectivity index is 4.57. The highest BCUT2D eigenvalue weighted by atomic mass is 16.6. The van der Waals surface area contributed by atoms with E-state index in [1.807, 2.05) is 0 Å². The predicted molar refractivity (Wildman–Crippen MR) is 329 cm³/mol. The fourth-order valence-corrected chi connectivity index (χ4v) is 7.75. The third-order valence-electron chi connectivity index (χ3n) is 12.2. The number of unbranched alkanes of at least 4 members (excludes halogenated alkanes) is 16. The largest absolute Gasteiger partial charge is 0.462 e. The van der Waals surface area contributed by atoms with Crippen LogP contribution in [0.25, 0.3) is 0 Å². The van der Waals surface area contributed by atoms with E-state index < -0.39 is 6.10 Å². The monoisotopic (exact) mass is 1050 g/mol. The Labute approximate surface area is 467 Å². The van der Waals surface area contributed by atoms with Crippen molar-refractivity contribution in [1.82, 2.24) is 0 Å². The summed E-state index contributed by atoms with van der Waals surface area (Å²) in [6, 6.07) is 0. The molecule has 0 aliphatic carbocycles. The van der Waals surface area contributed by atoms with Crippen molar-refractivity contribution in [1.29, 1.82) is 0 Å². The average Bonchev–Trinajstić information content (AvgIpc) is 3.42. The summed E-state index contributed by atoms with van der Waals surface area (Å²) in [5.74, 6) is -1.01. The predicted octanol–water partition coefficient (Wildman–Crippen LogP) is 20.9. The zero-order valence-electron chi connectivity index (χ0n) is 48.7. The maximum atomic E-state index is 12.9. The molecule has 0 aromatic carbocycles. The first-order valence-electron chi connectivity index (χ1n) is 30.5. The van der Waals surface area contributed by atoms with Gasteiger partial charge in [0.15, 0.2) is 6.10 Å². The summed E-state index contributed by atoms with van der Waals surface area (Å²) in [6.07, 6.45) is 90.9. The van der Waals surface area contributed by atoms with Gasteiger partial charge < -0.3 is 14.2 Å². The van der Waals surface area contributed by atoms with E-state index >= 15 is 0 Å². The minimum absolute atomic E-state index is 0.119. The molecule has 1 unspecified atom stereocenters. The second-order valence-electron chi connectivity index (χ2n) is 19.5. The van der Waals surface area contributed by atoms with E-state index in [2.05, 4.69) is 179 Å². The Morgan fingerprint density at radius 2 is 0.526 bits per heavy atom. The summed E-state index contributed by atoms with van der Waals surface area (Å²) in [6.45, 7) is 6.31. The molecule has 0 aromatic rings. The van der Waals surface area contributed by atoms with Crippen LogP contribution in [0, 0.1) is 0 Å². The highest BCUT2D eigenvalue weighted by molar-refractivity contribution is 5.71. The van der Waals surface area contributed by atoms with E-state index in [1.54, 1.807) is 0 Å². The Morgan fingerprint density at radius 3 is 0.855 bits per heavy atom. The first-order valence-corrected chi connectivity index (χ1v) is 30.5. The van der Waals surface area contributed by atoms with Crippen LogP contribution in [0.15, 0.2) is 158 Å². The van der Waals surface area contributed by atoms with Crippen molar-refractivity contribution >= 4 is 17.9 Å². The molecule has 0 fully saturated rings. The number of ether oxygens (including phenoxy) is 3. The topological polar surface area (TPSA) is 78.9 Å². The first-order chi connectivity index (χ1) is 37.5. The van der Waals surface area contributed by atoms with Crippen molar-refractivity contribution in [3.8, 4) is 0 Å². The lowest BCUT2D eigenvalue weighted by atomic mass is 10.1. The van der Waals surface area contributed by atoms with E-state index in [9.17, 15) is 14.4 Å². The fourth-order valence-electron chi connectivity index (χ4n) is 7.75. The summed E-state index contributed by atoms with van der Waals surface area (Å²) in [7, 11) is 0. The molecule has 6 heteroatoms. The molecule has 0 aromatic heterocycles. The minimum atomic E-state index is -0.826. The van der Waals surface area contributed by atoms with Crippen molar-refractivity contribution in [2.45, 2.75) is 252 Å². The molecule has 426 valence electrons. The lowest BCUT2D eigenvalue weighted by Crippen LogP contribution is -2.30. The van der Waals surface area contributed by atoms with Gasteiger partial charge >= 0.3 is 17.9 Å². The molecule has 6 nitrogen and oxygen atoms in total. The van der Waals surface area contributed by atoms with Gasteiger partial charge in [-0.2, -0.15) is 0 Å². The maximum absolute atomic E-state index is 12.9. The Kier molecular flexibility index (Phi) is 58.5. The Hall–Kier alpha value is -4.97. The molecule has 0 bridgehead atoms. The second-order valence-corrected chi connectivity index (χ2v) is 19.5. The summed E-state index contributed by atoms with van der Waals surface area (Å²) in [4.78, 5) is 38.3. The van der Waals surface area contributed by atoms with Crippen LogP contribution in [0.4, 0.5) is 0 Å². The third-order valence-corrected chi connectivity index (χ3v) is 12.2. The fraction of sp³-hybridized carbons (Fsp3) is 0.586. The van der Waals surface area contributed by atoms with Crippen molar-refractivity contribution in [3.63, 3.8) is 0 Å². The van der Waals surface area contributed by atoms with Crippen LogP contribution < -0.4 is 0 Å². The zero-order chi connectivity index (χ0) is 55.0. The number of allylic oxidation sites excluding steroid dienone is 26. The first kappa shape index (κ1) is 71.0. The van der Waals surface area contributed by atoms with Gasteiger partial charge in [-0.25, -0.2) is 0 Å². The number of hydrogen-bond donors (Lipinski definition) is 0. The number of carbonyl (C=O) groups is 3. The van der Waals surface area contributed by atoms with Crippen LogP contribution in [0.2, 0.25) is 0 Å². The number of hydrogen-bond acceptors (Lipinski definition) is 6. The number of esters is 3. The molecule has 0 rings (SSSR count). The molecule has 0 saturated carbocycles. The Morgan fingerprint density at radius 1 is 0.276 bits per heavy atom. The van der Waals surface area contributed by atoms with Gasteiger partial charge in [-0.05, 0) is 141 Å². The lowest BCUT2D eigenvalue weighted by Gasteiger charge is -2.18. The molecule has 0 heterocycles. The van der Waals surface area contributed by atoms with Gasteiger partial charge in [-0.3, -0.25) is 14.4 Å². The van der Waals surface area contributed by atoms with Gasteiger partial charge in [-0.1, -0.05) is 243 Å². The Bertz CT molecular complexity index is 1720. The smallest absolute Gasteiger partial charge is 0.306 e. The van der Waals surface area contributed by atoms with Crippen molar-refractivity contribution in [2.75, 3.05) is 13.2 Å². The highest BCUT2D eigenvalue weighted by Gasteiger charge is 2.19. The maximum Gasteiger partial charge on any atom is 0.306 e. The summed E-state index contributed by atoms with van der Waals surface area (Å²) < 4.78 is 16.8. The van der Waals surface area contributed by atoms with E-state index in [4.69, 9.17) is 14.2 Å². The van der Waals surface area contributed by atoms with Gasteiger partial charge in [0.05, 0.1) is 0 Å². The average molecular weight is 1050 g/mol. The van der Waals surface area contributed by atoms with Gasteiger partial charge in [0.2, 0.25) is 0 Å². The van der Waals surface area contributed by atoms with Crippen LogP contribution in [-0.2, 0) is 28.6 Å². The zero-order valence-corrected chi connectivity index (χ0v) is 48.7. The van der Waals surface area contributed by atoms with Crippen LogP contribution in [0.5, 0.6) is 0 Å². The highest BCUT2D eigenvalue weighted by Crippen LogP contribution is 2.13. The van der Waals surface area contributed by atoms with E-state index in [1.165, 1.54) is 57.8 Å². The minimum Gasteiger partial charge on any atom is -0.462 e. The van der Waals surface area contributed by atoms with Gasteiger partial charge in [0, 0.05) is 19.3 Å². The molecule has 0 N–H and O–H groups in total. The second kappa shape index (κ2) is 62.6. The molecule has 0 saturated heterocycles. The van der Waals surface area contributed by atoms with Crippen LogP contribution in [0.3, 0.4) is 0 Å². The molecule has 0 radical (unpaired) electrons.